The molecule has 2 aliphatic heterocycles. The lowest BCUT2D eigenvalue weighted by atomic mass is 9.95. The van der Waals surface area contributed by atoms with Crippen molar-refractivity contribution in [3.05, 3.63) is 65.2 Å². The highest BCUT2D eigenvalue weighted by Crippen LogP contribution is 2.38. The van der Waals surface area contributed by atoms with E-state index in [-0.39, 0.29) is 6.04 Å². The van der Waals surface area contributed by atoms with Crippen LogP contribution in [0.2, 0.25) is 0 Å². The Balaban J connectivity index is 1.81. The first-order valence-corrected chi connectivity index (χ1v) is 8.31. The highest BCUT2D eigenvalue weighted by atomic mass is 32.2. The highest BCUT2D eigenvalue weighted by Gasteiger charge is 2.28. The van der Waals surface area contributed by atoms with Crippen LogP contribution >= 0.6 is 11.8 Å². The highest BCUT2D eigenvalue weighted by molar-refractivity contribution is 7.98. The van der Waals surface area contributed by atoms with Crippen molar-refractivity contribution >= 4 is 17.7 Å². The van der Waals surface area contributed by atoms with Gasteiger partial charge >= 0.3 is 5.96 Å². The van der Waals surface area contributed by atoms with Crippen molar-refractivity contribution in [2.75, 3.05) is 13.1 Å². The maximum Gasteiger partial charge on any atom is 0.344 e. The summed E-state index contributed by atoms with van der Waals surface area (Å²) < 4.78 is 0. The van der Waals surface area contributed by atoms with Gasteiger partial charge in [0, 0.05) is 16.2 Å². The van der Waals surface area contributed by atoms with Gasteiger partial charge in [-0.15, -0.1) is 11.8 Å². The van der Waals surface area contributed by atoms with Crippen molar-refractivity contribution in [1.29, 1.82) is 0 Å². The summed E-state index contributed by atoms with van der Waals surface area (Å²) in [6, 6.07) is 17.6. The number of thioether (sulfide) groups is 1. The molecule has 21 heavy (non-hydrogen) atoms. The Morgan fingerprint density at radius 2 is 1.86 bits per heavy atom. The van der Waals surface area contributed by atoms with E-state index in [9.17, 15) is 0 Å². The molecule has 2 aliphatic rings. The number of nitrogens with one attached hydrogen (secondary N) is 3. The number of fused-ring (bicyclic) bond motifs is 2. The van der Waals surface area contributed by atoms with Gasteiger partial charge in [-0.3, -0.25) is 15.6 Å². The Labute approximate surface area is 128 Å². The fraction of sp³-hybridized carbons (Fsp3) is 0.235. The van der Waals surface area contributed by atoms with Crippen LogP contribution in [0, 0.1) is 0 Å². The fourth-order valence-corrected chi connectivity index (χ4v) is 4.06. The number of hydrogen-bond donors (Lipinski definition) is 3. The topological polar surface area (TPSA) is 38.0 Å². The average Bonchev–Trinajstić information content (AvgIpc) is 2.99. The summed E-state index contributed by atoms with van der Waals surface area (Å²) in [7, 11) is 0. The van der Waals surface area contributed by atoms with Gasteiger partial charge in [0.25, 0.3) is 0 Å². The van der Waals surface area contributed by atoms with E-state index in [1.807, 2.05) is 11.8 Å². The summed E-state index contributed by atoms with van der Waals surface area (Å²) >= 11 is 1.92. The third-order valence-corrected chi connectivity index (χ3v) is 5.13. The van der Waals surface area contributed by atoms with E-state index in [2.05, 4.69) is 64.2 Å². The lowest BCUT2D eigenvalue weighted by Gasteiger charge is -2.18. The maximum atomic E-state index is 3.65. The molecule has 0 aromatic heterocycles. The largest absolute Gasteiger partial charge is 0.344 e. The smallest absolute Gasteiger partial charge is 0.275 e. The minimum absolute atomic E-state index is 0.195. The molecule has 0 saturated carbocycles. The third-order valence-electron chi connectivity index (χ3n) is 4.00. The lowest BCUT2D eigenvalue weighted by Crippen LogP contribution is -2.74. The molecular weight excluding hydrogens is 278 g/mol. The predicted molar refractivity (Wildman–Crippen MR) is 86.3 cm³/mol. The summed E-state index contributed by atoms with van der Waals surface area (Å²) in [6.07, 6.45) is 0. The molecule has 2 heterocycles. The number of rotatable bonds is 1. The van der Waals surface area contributed by atoms with Gasteiger partial charge in [0.05, 0.1) is 13.1 Å². The molecule has 106 valence electrons. The van der Waals surface area contributed by atoms with Crippen LogP contribution in [0.3, 0.4) is 0 Å². The summed E-state index contributed by atoms with van der Waals surface area (Å²) in [5.74, 6) is 2.07. The molecule has 0 unspecified atom stereocenters. The van der Waals surface area contributed by atoms with E-state index >= 15 is 0 Å². The van der Waals surface area contributed by atoms with Crippen LogP contribution in [0.15, 0.2) is 53.4 Å². The van der Waals surface area contributed by atoms with Gasteiger partial charge in [0.2, 0.25) is 0 Å². The van der Waals surface area contributed by atoms with Crippen LogP contribution in [0.1, 0.15) is 22.7 Å². The summed E-state index contributed by atoms with van der Waals surface area (Å²) in [4.78, 5) is 4.74. The van der Waals surface area contributed by atoms with Gasteiger partial charge in [0.1, 0.15) is 6.04 Å². The zero-order valence-electron chi connectivity index (χ0n) is 11.7. The molecule has 4 heteroatoms. The Kier molecular flexibility index (Phi) is 3.31. The molecule has 3 nitrogen and oxygen atoms in total. The van der Waals surface area contributed by atoms with Crippen LogP contribution < -0.4 is 15.6 Å². The van der Waals surface area contributed by atoms with Gasteiger partial charge in [-0.1, -0.05) is 42.5 Å². The molecule has 4 rings (SSSR count). The summed E-state index contributed by atoms with van der Waals surface area (Å²) in [6.45, 7) is 1.96. The van der Waals surface area contributed by atoms with Crippen molar-refractivity contribution < 1.29 is 4.99 Å². The summed E-state index contributed by atoms with van der Waals surface area (Å²) in [5.41, 5.74) is 4.14. The van der Waals surface area contributed by atoms with E-state index in [1.165, 1.54) is 21.6 Å². The van der Waals surface area contributed by atoms with E-state index in [1.54, 1.807) is 0 Å². The Morgan fingerprint density at radius 3 is 2.71 bits per heavy atom. The van der Waals surface area contributed by atoms with Gasteiger partial charge < -0.3 is 0 Å². The fourth-order valence-electron chi connectivity index (χ4n) is 2.96. The number of benzene rings is 2. The molecular formula is C17H18N3S+. The molecule has 0 radical (unpaired) electrons. The second-order valence-corrected chi connectivity index (χ2v) is 6.35. The number of hydrogen-bond acceptors (Lipinski definition) is 3. The SMILES string of the molecule is c1ccc2c(c1)CSc1ccccc1[C@H]2NC1=[NH+]CCN1. The normalized spacial score (nSPS) is 19.8. The maximum absolute atomic E-state index is 3.65. The zero-order chi connectivity index (χ0) is 14.1. The van der Waals surface area contributed by atoms with Crippen LogP contribution in [0.4, 0.5) is 0 Å². The molecule has 0 bridgehead atoms. The summed E-state index contributed by atoms with van der Waals surface area (Å²) in [5, 5.41) is 7.02. The quantitative estimate of drug-likeness (QED) is 0.735. The monoisotopic (exact) mass is 296 g/mol. The van der Waals surface area contributed by atoms with E-state index in [0.717, 1.165) is 24.8 Å². The molecule has 0 saturated heterocycles. The predicted octanol–water partition coefficient (Wildman–Crippen LogP) is 1.01. The standard InChI is InChI=1S/C17H17N3S/c1-2-6-13-12(5-1)11-21-15-8-4-3-7-14(15)16(13)20-17-18-9-10-19-17/h1-8,16H,9-11H2,(H2,18,19,20)/p+1/t16-/m0/s1. The average molecular weight is 296 g/mol. The zero-order valence-corrected chi connectivity index (χ0v) is 12.5. The Morgan fingerprint density at radius 1 is 1.05 bits per heavy atom. The van der Waals surface area contributed by atoms with Crippen molar-refractivity contribution in [2.45, 2.75) is 16.7 Å². The molecule has 3 N–H and O–H groups in total. The Hall–Kier alpha value is -1.94. The molecule has 2 aromatic rings. The van der Waals surface area contributed by atoms with Crippen LogP contribution in [0.5, 0.6) is 0 Å². The Bertz CT molecular complexity index is 648. The number of guanidine groups is 1. The van der Waals surface area contributed by atoms with Crippen molar-refractivity contribution in [1.82, 2.24) is 10.6 Å². The van der Waals surface area contributed by atoms with Gasteiger partial charge in [-0.25, -0.2) is 0 Å². The van der Waals surface area contributed by atoms with E-state index in [0.29, 0.717) is 0 Å². The minimum Gasteiger partial charge on any atom is -0.275 e. The van der Waals surface area contributed by atoms with Gasteiger partial charge in [0.15, 0.2) is 0 Å². The molecule has 0 spiro atoms. The van der Waals surface area contributed by atoms with Crippen molar-refractivity contribution in [3.8, 4) is 0 Å². The van der Waals surface area contributed by atoms with Crippen LogP contribution in [0.25, 0.3) is 0 Å². The molecule has 0 fully saturated rings. The van der Waals surface area contributed by atoms with Crippen LogP contribution in [-0.4, -0.2) is 19.0 Å². The minimum atomic E-state index is 0.195. The second-order valence-electron chi connectivity index (χ2n) is 5.33. The van der Waals surface area contributed by atoms with Gasteiger partial charge in [-0.05, 0) is 17.2 Å². The molecule has 0 amide bonds. The first-order valence-electron chi connectivity index (χ1n) is 7.32. The lowest BCUT2D eigenvalue weighted by molar-refractivity contribution is -0.447. The molecule has 2 aromatic carbocycles. The first kappa shape index (κ1) is 12.8. The van der Waals surface area contributed by atoms with E-state index < -0.39 is 0 Å². The van der Waals surface area contributed by atoms with Crippen molar-refractivity contribution in [3.63, 3.8) is 0 Å². The van der Waals surface area contributed by atoms with Gasteiger partial charge in [-0.2, -0.15) is 0 Å². The third kappa shape index (κ3) is 2.40. The first-order chi connectivity index (χ1) is 10.4. The molecule has 1 atom stereocenters. The van der Waals surface area contributed by atoms with Crippen LogP contribution in [-0.2, 0) is 5.75 Å². The van der Waals surface area contributed by atoms with E-state index in [4.69, 9.17) is 0 Å². The molecule has 0 aliphatic carbocycles. The van der Waals surface area contributed by atoms with Crippen molar-refractivity contribution in [2.24, 2.45) is 0 Å². The second kappa shape index (κ2) is 5.45.